The van der Waals surface area contributed by atoms with Crippen LogP contribution in [0.25, 0.3) is 0 Å². The highest BCUT2D eigenvalue weighted by Gasteiger charge is 2.79. The maximum atomic E-state index is 14.6. The number of halogens is 1. The summed E-state index contributed by atoms with van der Waals surface area (Å²) in [7, 11) is 0. The van der Waals surface area contributed by atoms with E-state index in [1.165, 1.54) is 4.90 Å². The Morgan fingerprint density at radius 2 is 1.95 bits per heavy atom. The Morgan fingerprint density at radius 3 is 2.51 bits per heavy atom. The van der Waals surface area contributed by atoms with Crippen molar-refractivity contribution in [2.75, 3.05) is 24.7 Å². The van der Waals surface area contributed by atoms with Crippen molar-refractivity contribution in [3.8, 4) is 0 Å². The smallest absolute Gasteiger partial charge is 0.312 e. The summed E-state index contributed by atoms with van der Waals surface area (Å²) in [5.41, 5.74) is -1.52. The first-order valence-corrected chi connectivity index (χ1v) is 14.1. The summed E-state index contributed by atoms with van der Waals surface area (Å²) >= 11 is 6.11. The summed E-state index contributed by atoms with van der Waals surface area (Å²) in [6.07, 6.45) is 5.25. The van der Waals surface area contributed by atoms with Crippen molar-refractivity contribution in [3.63, 3.8) is 0 Å². The van der Waals surface area contributed by atoms with Crippen LogP contribution in [0.2, 0.25) is 5.02 Å². The van der Waals surface area contributed by atoms with Gasteiger partial charge in [-0.3, -0.25) is 14.4 Å². The SMILES string of the molecule is C=CCCOC(=O)[C@@H]1[C@H]2C(=O)N([C@@H](CO)C(C)C)C(C(=O)N(CC=C)c3ccc(Cl)cc3)C23CC[C@@]1(CC)O3. The third-order valence-corrected chi connectivity index (χ3v) is 8.95. The van der Waals surface area contributed by atoms with Gasteiger partial charge in [-0.15, -0.1) is 13.2 Å². The number of carbonyl (C=O) groups is 3. The van der Waals surface area contributed by atoms with E-state index in [0.717, 1.165) is 0 Å². The fourth-order valence-corrected chi connectivity index (χ4v) is 6.95. The number of hydrogen-bond donors (Lipinski definition) is 1. The molecule has 0 saturated carbocycles. The van der Waals surface area contributed by atoms with E-state index in [1.54, 1.807) is 41.3 Å². The highest BCUT2D eigenvalue weighted by atomic mass is 35.5. The molecule has 3 aliphatic rings. The molecule has 1 N–H and O–H groups in total. The lowest BCUT2D eigenvalue weighted by Crippen LogP contribution is -2.60. The molecule has 4 rings (SSSR count). The predicted molar refractivity (Wildman–Crippen MR) is 149 cm³/mol. The lowest BCUT2D eigenvalue weighted by atomic mass is 9.65. The third kappa shape index (κ3) is 4.70. The number of benzene rings is 1. The lowest BCUT2D eigenvalue weighted by molar-refractivity contribution is -0.162. The Hall–Kier alpha value is -2.68. The van der Waals surface area contributed by atoms with E-state index >= 15 is 0 Å². The van der Waals surface area contributed by atoms with Crippen molar-refractivity contribution in [1.29, 1.82) is 0 Å². The molecule has 3 saturated heterocycles. The molecule has 9 heteroatoms. The Labute approximate surface area is 235 Å². The molecule has 39 heavy (non-hydrogen) atoms. The topological polar surface area (TPSA) is 96.4 Å². The summed E-state index contributed by atoms with van der Waals surface area (Å²) < 4.78 is 12.4. The lowest BCUT2D eigenvalue weighted by Gasteiger charge is -2.40. The van der Waals surface area contributed by atoms with E-state index in [2.05, 4.69) is 13.2 Å². The first-order valence-electron chi connectivity index (χ1n) is 13.7. The fourth-order valence-electron chi connectivity index (χ4n) is 6.82. The minimum absolute atomic E-state index is 0.150. The molecule has 1 aromatic rings. The van der Waals surface area contributed by atoms with Gasteiger partial charge >= 0.3 is 5.97 Å². The number of fused-ring (bicyclic) bond motifs is 1. The molecule has 1 aromatic carbocycles. The maximum absolute atomic E-state index is 14.6. The number of nitrogens with zero attached hydrogens (tertiary/aromatic N) is 2. The van der Waals surface area contributed by atoms with Gasteiger partial charge in [0.05, 0.1) is 30.8 Å². The van der Waals surface area contributed by atoms with Gasteiger partial charge in [0.1, 0.15) is 17.6 Å². The number of anilines is 1. The van der Waals surface area contributed by atoms with Gasteiger partial charge in [-0.25, -0.2) is 0 Å². The molecular formula is C30H39ClN2O6. The molecule has 1 spiro atoms. The number of hydrogen-bond acceptors (Lipinski definition) is 6. The largest absolute Gasteiger partial charge is 0.465 e. The van der Waals surface area contributed by atoms with Gasteiger partial charge in [-0.05, 0) is 55.9 Å². The van der Waals surface area contributed by atoms with E-state index in [4.69, 9.17) is 21.1 Å². The Morgan fingerprint density at radius 1 is 1.26 bits per heavy atom. The highest BCUT2D eigenvalue weighted by Crippen LogP contribution is 2.65. The van der Waals surface area contributed by atoms with Crippen LogP contribution >= 0.6 is 11.6 Å². The Bertz CT molecular complexity index is 1120. The van der Waals surface area contributed by atoms with Crippen molar-refractivity contribution in [2.24, 2.45) is 17.8 Å². The summed E-state index contributed by atoms with van der Waals surface area (Å²) in [5.74, 6) is -3.07. The number of esters is 1. The van der Waals surface area contributed by atoms with E-state index in [1.807, 2.05) is 20.8 Å². The van der Waals surface area contributed by atoms with E-state index in [-0.39, 0.29) is 37.5 Å². The van der Waals surface area contributed by atoms with Crippen molar-refractivity contribution in [2.45, 2.75) is 69.7 Å². The molecule has 0 aliphatic carbocycles. The molecule has 8 nitrogen and oxygen atoms in total. The van der Waals surface area contributed by atoms with Crippen molar-refractivity contribution < 1.29 is 29.0 Å². The molecule has 2 bridgehead atoms. The van der Waals surface area contributed by atoms with Crippen LogP contribution in [0, 0.1) is 17.8 Å². The zero-order chi connectivity index (χ0) is 28.5. The molecule has 3 fully saturated rings. The van der Waals surface area contributed by atoms with Gasteiger partial charge < -0.3 is 24.4 Å². The Balaban J connectivity index is 1.84. The molecule has 3 aliphatic heterocycles. The average molecular weight is 559 g/mol. The first kappa shape index (κ1) is 29.3. The standard InChI is InChI=1S/C30H39ClN2O6/c1-6-9-17-38-28(37)24-23-26(35)33(22(18-34)19(4)5)25(30(23)15-14-29(24,8-3)39-30)27(36)32(16-7-2)21-12-10-20(31)11-13-21/h6-7,10-13,19,22-25,34H,1-2,8-9,14-18H2,3-5H3/t22-,23-,24-,25?,29+,30?/m0/s1. The first-order chi connectivity index (χ1) is 18.6. The summed E-state index contributed by atoms with van der Waals surface area (Å²) in [6, 6.07) is 5.20. The molecule has 212 valence electrons. The zero-order valence-electron chi connectivity index (χ0n) is 23.0. The minimum atomic E-state index is -1.22. The second-order valence-corrected chi connectivity index (χ2v) is 11.5. The van der Waals surface area contributed by atoms with Gasteiger partial charge in [-0.1, -0.05) is 44.5 Å². The summed E-state index contributed by atoms with van der Waals surface area (Å²) in [6.45, 7) is 13.3. The van der Waals surface area contributed by atoms with Crippen molar-refractivity contribution >= 4 is 35.1 Å². The molecule has 6 atom stereocenters. The van der Waals surface area contributed by atoms with Crippen LogP contribution in [0.1, 0.15) is 46.5 Å². The van der Waals surface area contributed by atoms with Crippen LogP contribution in [0.4, 0.5) is 5.69 Å². The second-order valence-electron chi connectivity index (χ2n) is 11.0. The van der Waals surface area contributed by atoms with Crippen LogP contribution in [-0.2, 0) is 23.9 Å². The van der Waals surface area contributed by atoms with E-state index < -0.39 is 41.1 Å². The number of ether oxygens (including phenoxy) is 2. The predicted octanol–water partition coefficient (Wildman–Crippen LogP) is 4.15. The van der Waals surface area contributed by atoms with Crippen LogP contribution in [0.5, 0.6) is 0 Å². The number of likely N-dealkylation sites (tertiary alicyclic amines) is 1. The molecule has 0 radical (unpaired) electrons. The van der Waals surface area contributed by atoms with Gasteiger partial charge in [0.15, 0.2) is 0 Å². The van der Waals surface area contributed by atoms with Crippen LogP contribution in [0.15, 0.2) is 49.6 Å². The van der Waals surface area contributed by atoms with E-state index in [9.17, 15) is 19.5 Å². The number of amides is 2. The van der Waals surface area contributed by atoms with Crippen LogP contribution < -0.4 is 4.90 Å². The van der Waals surface area contributed by atoms with Gasteiger partial charge in [-0.2, -0.15) is 0 Å². The van der Waals surface area contributed by atoms with Crippen LogP contribution in [0.3, 0.4) is 0 Å². The highest BCUT2D eigenvalue weighted by molar-refractivity contribution is 6.30. The maximum Gasteiger partial charge on any atom is 0.312 e. The van der Waals surface area contributed by atoms with Crippen molar-refractivity contribution in [1.82, 2.24) is 4.90 Å². The normalized spacial score (nSPS) is 29.8. The number of rotatable bonds is 12. The quantitative estimate of drug-likeness (QED) is 0.235. The molecule has 2 unspecified atom stereocenters. The second kappa shape index (κ2) is 11.4. The minimum Gasteiger partial charge on any atom is -0.465 e. The molecule has 3 heterocycles. The van der Waals surface area contributed by atoms with Gasteiger partial charge in [0.25, 0.3) is 5.91 Å². The number of aliphatic hydroxyl groups is 1. The molecular weight excluding hydrogens is 520 g/mol. The van der Waals surface area contributed by atoms with Crippen LogP contribution in [-0.4, -0.2) is 70.8 Å². The number of carbonyl (C=O) groups excluding carboxylic acids is 3. The summed E-state index contributed by atoms with van der Waals surface area (Å²) in [5, 5.41) is 10.9. The molecule has 0 aromatic heterocycles. The zero-order valence-corrected chi connectivity index (χ0v) is 23.7. The number of aliphatic hydroxyl groups excluding tert-OH is 1. The van der Waals surface area contributed by atoms with E-state index in [0.29, 0.717) is 36.4 Å². The third-order valence-electron chi connectivity index (χ3n) is 8.70. The average Bonchev–Trinajstić information content (AvgIpc) is 3.52. The summed E-state index contributed by atoms with van der Waals surface area (Å²) in [4.78, 5) is 45.5. The Kier molecular flexibility index (Phi) is 8.59. The van der Waals surface area contributed by atoms with Gasteiger partial charge in [0.2, 0.25) is 5.91 Å². The monoisotopic (exact) mass is 558 g/mol. The van der Waals surface area contributed by atoms with Crippen molar-refractivity contribution in [3.05, 3.63) is 54.6 Å². The fraction of sp³-hybridized carbons (Fsp3) is 0.567. The molecule has 2 amide bonds. The van der Waals surface area contributed by atoms with Gasteiger partial charge in [0, 0.05) is 17.3 Å².